The maximum Gasteiger partial charge on any atom is 0.324 e. The molecule has 2 N–H and O–H groups in total. The molecule has 0 fully saturated rings. The summed E-state index contributed by atoms with van der Waals surface area (Å²) in [5.41, 5.74) is 3.07. The van der Waals surface area contributed by atoms with Crippen LogP contribution in [0.3, 0.4) is 0 Å². The Labute approximate surface area is 206 Å². The Bertz CT molecular complexity index is 1340. The topological polar surface area (TPSA) is 95.2 Å². The molecule has 9 nitrogen and oxygen atoms in total. The molecule has 0 saturated carbocycles. The van der Waals surface area contributed by atoms with Crippen LogP contribution in [0.2, 0.25) is 5.02 Å². The van der Waals surface area contributed by atoms with Gasteiger partial charge < -0.3 is 14.8 Å². The van der Waals surface area contributed by atoms with Gasteiger partial charge in [0.25, 0.3) is 0 Å². The van der Waals surface area contributed by atoms with E-state index >= 15 is 0 Å². The van der Waals surface area contributed by atoms with Crippen LogP contribution in [0.5, 0.6) is 5.75 Å². The molecule has 2 amide bonds. The fourth-order valence-electron chi connectivity index (χ4n) is 3.46. The van der Waals surface area contributed by atoms with Crippen LogP contribution in [0.25, 0.3) is 16.9 Å². The van der Waals surface area contributed by atoms with Gasteiger partial charge in [0, 0.05) is 43.6 Å². The van der Waals surface area contributed by atoms with E-state index in [4.69, 9.17) is 26.2 Å². The van der Waals surface area contributed by atoms with E-state index in [0.717, 1.165) is 22.9 Å². The Morgan fingerprint density at radius 1 is 1.17 bits per heavy atom. The molecule has 0 radical (unpaired) electrons. The monoisotopic (exact) mass is 498 g/mol. The van der Waals surface area contributed by atoms with E-state index in [1.165, 1.54) is 13.2 Å². The first-order chi connectivity index (χ1) is 16.9. The highest BCUT2D eigenvalue weighted by Crippen LogP contribution is 2.33. The van der Waals surface area contributed by atoms with Gasteiger partial charge in [-0.05, 0) is 19.1 Å². The Morgan fingerprint density at radius 2 is 1.94 bits per heavy atom. The van der Waals surface area contributed by atoms with Crippen molar-refractivity contribution < 1.29 is 18.7 Å². The first-order valence-corrected chi connectivity index (χ1v) is 11.1. The normalized spacial score (nSPS) is 10.9. The summed E-state index contributed by atoms with van der Waals surface area (Å²) in [6.45, 7) is 2.36. The van der Waals surface area contributed by atoms with Crippen molar-refractivity contribution in [2.75, 3.05) is 31.0 Å². The lowest BCUT2D eigenvalue weighted by atomic mass is 10.1. The number of hydrogen-bond donors (Lipinski definition) is 2. The van der Waals surface area contributed by atoms with E-state index in [2.05, 4.69) is 15.7 Å². The van der Waals surface area contributed by atoms with Gasteiger partial charge in [-0.1, -0.05) is 29.8 Å². The standard InChI is InChI=1S/C24H24ClFN6O3/c1-15-22(16-13-27-31(2)14-16)30-32(17-7-5-4-6-8-17)23(15)29-24(33)28-20-12-19(26)18(25)11-21(20)35-10-9-34-3/h4-8,11-14H,9-10H2,1-3H3,(H2,28,29,33). The number of urea groups is 1. The van der Waals surface area contributed by atoms with Gasteiger partial charge in [-0.15, -0.1) is 0 Å². The van der Waals surface area contributed by atoms with Gasteiger partial charge in [0.2, 0.25) is 0 Å². The molecule has 0 saturated heterocycles. The molecule has 0 spiro atoms. The van der Waals surface area contributed by atoms with Gasteiger partial charge >= 0.3 is 6.03 Å². The molecule has 0 atom stereocenters. The van der Waals surface area contributed by atoms with Gasteiger partial charge in [0.05, 0.1) is 29.2 Å². The maximum atomic E-state index is 14.2. The van der Waals surface area contributed by atoms with Gasteiger partial charge in [-0.3, -0.25) is 10.00 Å². The van der Waals surface area contributed by atoms with Crippen molar-refractivity contribution in [1.29, 1.82) is 0 Å². The van der Waals surface area contributed by atoms with E-state index in [1.807, 2.05) is 50.5 Å². The molecule has 0 unspecified atom stereocenters. The highest BCUT2D eigenvalue weighted by molar-refractivity contribution is 6.31. The molecule has 2 aromatic carbocycles. The minimum atomic E-state index is -0.689. The highest BCUT2D eigenvalue weighted by Gasteiger charge is 2.21. The summed E-state index contributed by atoms with van der Waals surface area (Å²) in [7, 11) is 3.35. The van der Waals surface area contributed by atoms with E-state index in [0.29, 0.717) is 18.1 Å². The van der Waals surface area contributed by atoms with Crippen LogP contribution in [-0.2, 0) is 11.8 Å². The van der Waals surface area contributed by atoms with Crippen molar-refractivity contribution in [3.63, 3.8) is 0 Å². The number of benzene rings is 2. The molecule has 0 bridgehead atoms. The number of methoxy groups -OCH3 is 1. The van der Waals surface area contributed by atoms with Gasteiger partial charge in [0.15, 0.2) is 0 Å². The number of aromatic nitrogens is 4. The van der Waals surface area contributed by atoms with Crippen LogP contribution in [-0.4, -0.2) is 45.9 Å². The number of halogens is 2. The number of para-hydroxylation sites is 1. The minimum absolute atomic E-state index is 0.122. The van der Waals surface area contributed by atoms with Crippen molar-refractivity contribution in [2.24, 2.45) is 7.05 Å². The van der Waals surface area contributed by atoms with Gasteiger partial charge in [-0.25, -0.2) is 13.9 Å². The largest absolute Gasteiger partial charge is 0.489 e. The first-order valence-electron chi connectivity index (χ1n) is 10.7. The van der Waals surface area contributed by atoms with Crippen molar-refractivity contribution in [3.05, 3.63) is 71.3 Å². The van der Waals surface area contributed by atoms with Crippen molar-refractivity contribution in [1.82, 2.24) is 19.6 Å². The third kappa shape index (κ3) is 5.44. The summed E-state index contributed by atoms with van der Waals surface area (Å²) in [6, 6.07) is 11.2. The van der Waals surface area contributed by atoms with Crippen molar-refractivity contribution in [3.8, 4) is 22.7 Å². The Balaban J connectivity index is 1.66. The molecule has 0 aliphatic rings. The summed E-state index contributed by atoms with van der Waals surface area (Å²) >= 11 is 5.90. The van der Waals surface area contributed by atoms with Crippen LogP contribution >= 0.6 is 11.6 Å². The quantitative estimate of drug-likeness (QED) is 0.332. The summed E-state index contributed by atoms with van der Waals surface area (Å²) in [5.74, 6) is -0.0257. The number of aryl methyl sites for hydroxylation is 1. The summed E-state index contributed by atoms with van der Waals surface area (Å²) in [5, 5.41) is 14.3. The van der Waals surface area contributed by atoms with Crippen LogP contribution < -0.4 is 15.4 Å². The summed E-state index contributed by atoms with van der Waals surface area (Å²) in [6.07, 6.45) is 3.54. The van der Waals surface area contributed by atoms with E-state index < -0.39 is 11.8 Å². The number of hydrogen-bond acceptors (Lipinski definition) is 5. The van der Waals surface area contributed by atoms with E-state index in [1.54, 1.807) is 15.6 Å². The second-order valence-corrected chi connectivity index (χ2v) is 8.06. The Hall–Kier alpha value is -3.89. The molecule has 4 aromatic rings. The van der Waals surface area contributed by atoms with E-state index in [9.17, 15) is 9.18 Å². The number of rotatable bonds is 8. The van der Waals surface area contributed by atoms with Crippen molar-refractivity contribution >= 4 is 29.1 Å². The fraction of sp³-hybridized carbons (Fsp3) is 0.208. The molecule has 4 rings (SSSR count). The molecular weight excluding hydrogens is 475 g/mol. The van der Waals surface area contributed by atoms with Gasteiger partial charge in [-0.2, -0.15) is 10.2 Å². The molecule has 182 valence electrons. The smallest absolute Gasteiger partial charge is 0.324 e. The number of carbonyl (C=O) groups excluding carboxylic acids is 1. The predicted molar refractivity (Wildman–Crippen MR) is 132 cm³/mol. The molecule has 0 aliphatic heterocycles. The number of nitrogens with one attached hydrogen (secondary N) is 2. The average molecular weight is 499 g/mol. The lowest BCUT2D eigenvalue weighted by Crippen LogP contribution is -2.22. The second kappa shape index (κ2) is 10.6. The first kappa shape index (κ1) is 24.2. The van der Waals surface area contributed by atoms with E-state index in [-0.39, 0.29) is 23.1 Å². The van der Waals surface area contributed by atoms with Crippen LogP contribution in [0, 0.1) is 12.7 Å². The summed E-state index contributed by atoms with van der Waals surface area (Å²) < 4.78 is 28.1. The summed E-state index contributed by atoms with van der Waals surface area (Å²) in [4.78, 5) is 13.0. The van der Waals surface area contributed by atoms with Crippen LogP contribution in [0.4, 0.5) is 20.7 Å². The number of nitrogens with zero attached hydrogens (tertiary/aromatic N) is 4. The average Bonchev–Trinajstić information content (AvgIpc) is 3.41. The lowest BCUT2D eigenvalue weighted by molar-refractivity contribution is 0.146. The molecule has 2 heterocycles. The Kier molecular flexibility index (Phi) is 7.33. The molecule has 11 heteroatoms. The minimum Gasteiger partial charge on any atom is -0.489 e. The number of anilines is 2. The third-order valence-corrected chi connectivity index (χ3v) is 5.44. The second-order valence-electron chi connectivity index (χ2n) is 7.66. The molecule has 0 aliphatic carbocycles. The zero-order valence-electron chi connectivity index (χ0n) is 19.4. The highest BCUT2D eigenvalue weighted by atomic mass is 35.5. The Morgan fingerprint density at radius 3 is 2.63 bits per heavy atom. The predicted octanol–water partition coefficient (Wildman–Crippen LogP) is 5.04. The molecule has 2 aromatic heterocycles. The third-order valence-electron chi connectivity index (χ3n) is 5.15. The van der Waals surface area contributed by atoms with Gasteiger partial charge in [0.1, 0.15) is 29.7 Å². The maximum absolute atomic E-state index is 14.2. The zero-order chi connectivity index (χ0) is 24.9. The number of ether oxygens (including phenoxy) is 2. The lowest BCUT2D eigenvalue weighted by Gasteiger charge is -2.15. The zero-order valence-corrected chi connectivity index (χ0v) is 20.1. The number of carbonyl (C=O) groups is 1. The van der Waals surface area contributed by atoms with Crippen LogP contribution in [0.1, 0.15) is 5.56 Å². The van der Waals surface area contributed by atoms with Crippen molar-refractivity contribution in [2.45, 2.75) is 6.92 Å². The SMILES string of the molecule is COCCOc1cc(Cl)c(F)cc1NC(=O)Nc1c(C)c(-c2cnn(C)c2)nn1-c1ccccc1. The number of amides is 2. The fourth-order valence-corrected chi connectivity index (χ4v) is 3.61. The molecular formula is C24H24ClFN6O3. The van der Waals surface area contributed by atoms with Crippen LogP contribution in [0.15, 0.2) is 54.9 Å². The molecule has 35 heavy (non-hydrogen) atoms.